The van der Waals surface area contributed by atoms with E-state index in [4.69, 9.17) is 4.74 Å². The minimum atomic E-state index is -0.164. The van der Waals surface area contributed by atoms with Gasteiger partial charge in [-0.15, -0.1) is 0 Å². The van der Waals surface area contributed by atoms with E-state index < -0.39 is 0 Å². The van der Waals surface area contributed by atoms with Gasteiger partial charge < -0.3 is 9.64 Å². The molecule has 0 radical (unpaired) electrons. The average Bonchev–Trinajstić information content (AvgIpc) is 2.18. The van der Waals surface area contributed by atoms with Gasteiger partial charge in [0.05, 0.1) is 6.61 Å². The van der Waals surface area contributed by atoms with Crippen LogP contribution in [-0.2, 0) is 9.53 Å². The Balaban J connectivity index is 1.90. The predicted molar refractivity (Wildman–Crippen MR) is 56.2 cm³/mol. The molecule has 0 aliphatic carbocycles. The molecule has 82 valence electrons. The molecule has 0 saturated carbocycles. The zero-order valence-corrected chi connectivity index (χ0v) is 9.13. The fraction of sp³-hybridized carbons (Fsp3) is 0.909. The fourth-order valence-electron chi connectivity index (χ4n) is 1.84. The lowest BCUT2D eigenvalue weighted by Crippen LogP contribution is -2.30. The van der Waals surface area contributed by atoms with Crippen LogP contribution in [0.4, 0.5) is 0 Å². The summed E-state index contributed by atoms with van der Waals surface area (Å²) >= 11 is 0. The summed E-state index contributed by atoms with van der Waals surface area (Å²) in [5.41, 5.74) is 0. The van der Waals surface area contributed by atoms with Crippen molar-refractivity contribution in [2.75, 3.05) is 26.2 Å². The summed E-state index contributed by atoms with van der Waals surface area (Å²) in [6.45, 7) is 5.73. The third kappa shape index (κ3) is 5.22. The zero-order valence-electron chi connectivity index (χ0n) is 9.13. The molecule has 0 atom stereocenters. The van der Waals surface area contributed by atoms with Gasteiger partial charge in [0.1, 0.15) is 0 Å². The van der Waals surface area contributed by atoms with Gasteiger partial charge >= 0.3 is 5.97 Å². The molecular formula is C11H21NO2. The lowest BCUT2D eigenvalue weighted by atomic mass is 10.1. The van der Waals surface area contributed by atoms with Crippen LogP contribution in [-0.4, -0.2) is 37.1 Å². The Labute approximate surface area is 86.4 Å². The van der Waals surface area contributed by atoms with E-state index in [9.17, 15) is 4.79 Å². The number of carbonyl (C=O) groups is 1. The van der Waals surface area contributed by atoms with Crippen LogP contribution in [0.3, 0.4) is 0 Å². The van der Waals surface area contributed by atoms with E-state index in [1.54, 1.807) is 0 Å². The highest BCUT2D eigenvalue weighted by Crippen LogP contribution is 2.09. The van der Waals surface area contributed by atoms with Crippen LogP contribution in [0.1, 0.15) is 39.0 Å². The van der Waals surface area contributed by atoms with Crippen molar-refractivity contribution in [1.29, 1.82) is 0 Å². The van der Waals surface area contributed by atoms with E-state index >= 15 is 0 Å². The Morgan fingerprint density at radius 1 is 1.21 bits per heavy atom. The van der Waals surface area contributed by atoms with Crippen molar-refractivity contribution in [3.63, 3.8) is 0 Å². The SMILES string of the molecule is CC(=O)OCCCCN1CCCCC1. The Bertz CT molecular complexity index is 165. The van der Waals surface area contributed by atoms with Gasteiger partial charge in [-0.1, -0.05) is 6.42 Å². The molecule has 0 unspecified atom stereocenters. The zero-order chi connectivity index (χ0) is 10.2. The summed E-state index contributed by atoms with van der Waals surface area (Å²) in [4.78, 5) is 13.0. The summed E-state index contributed by atoms with van der Waals surface area (Å²) in [5.74, 6) is -0.164. The predicted octanol–water partition coefficient (Wildman–Crippen LogP) is 1.82. The number of rotatable bonds is 5. The van der Waals surface area contributed by atoms with E-state index in [1.807, 2.05) is 0 Å². The summed E-state index contributed by atoms with van der Waals surface area (Å²) < 4.78 is 4.87. The van der Waals surface area contributed by atoms with Crippen molar-refractivity contribution < 1.29 is 9.53 Å². The molecule has 0 aromatic rings. The van der Waals surface area contributed by atoms with E-state index in [0.29, 0.717) is 6.61 Å². The molecule has 3 heteroatoms. The summed E-state index contributed by atoms with van der Waals surface area (Å²) in [6.07, 6.45) is 6.24. The molecular weight excluding hydrogens is 178 g/mol. The highest BCUT2D eigenvalue weighted by Gasteiger charge is 2.08. The maximum Gasteiger partial charge on any atom is 0.302 e. The Morgan fingerprint density at radius 2 is 1.93 bits per heavy atom. The molecule has 1 rings (SSSR count). The standard InChI is InChI=1S/C11H21NO2/c1-11(13)14-10-6-5-9-12-7-3-2-4-8-12/h2-10H2,1H3. The van der Waals surface area contributed by atoms with Gasteiger partial charge in [0, 0.05) is 6.92 Å². The third-order valence-electron chi connectivity index (χ3n) is 2.62. The van der Waals surface area contributed by atoms with Crippen molar-refractivity contribution in [1.82, 2.24) is 4.90 Å². The fourth-order valence-corrected chi connectivity index (χ4v) is 1.84. The second-order valence-corrected chi connectivity index (χ2v) is 3.95. The number of hydrogen-bond donors (Lipinski definition) is 0. The van der Waals surface area contributed by atoms with Crippen LogP contribution < -0.4 is 0 Å². The lowest BCUT2D eigenvalue weighted by molar-refractivity contribution is -0.141. The van der Waals surface area contributed by atoms with Crippen molar-refractivity contribution in [3.8, 4) is 0 Å². The number of carbonyl (C=O) groups excluding carboxylic acids is 1. The maximum absolute atomic E-state index is 10.5. The first kappa shape index (κ1) is 11.5. The molecule has 1 aliphatic heterocycles. The van der Waals surface area contributed by atoms with Crippen molar-refractivity contribution >= 4 is 5.97 Å². The number of unbranched alkanes of at least 4 members (excludes halogenated alkanes) is 1. The van der Waals surface area contributed by atoms with Gasteiger partial charge in [-0.2, -0.15) is 0 Å². The molecule has 0 aromatic heterocycles. The molecule has 3 nitrogen and oxygen atoms in total. The second kappa shape index (κ2) is 6.82. The number of ether oxygens (including phenoxy) is 1. The number of nitrogens with zero attached hydrogens (tertiary/aromatic N) is 1. The molecule has 1 fully saturated rings. The normalized spacial score (nSPS) is 18.1. The first-order chi connectivity index (χ1) is 6.79. The highest BCUT2D eigenvalue weighted by atomic mass is 16.5. The molecule has 0 N–H and O–H groups in total. The molecule has 1 aliphatic rings. The second-order valence-electron chi connectivity index (χ2n) is 3.95. The molecule has 14 heavy (non-hydrogen) atoms. The minimum Gasteiger partial charge on any atom is -0.466 e. The smallest absolute Gasteiger partial charge is 0.302 e. The summed E-state index contributed by atoms with van der Waals surface area (Å²) in [5, 5.41) is 0. The number of likely N-dealkylation sites (tertiary alicyclic amines) is 1. The van der Waals surface area contributed by atoms with Crippen LogP contribution in [0.5, 0.6) is 0 Å². The first-order valence-electron chi connectivity index (χ1n) is 5.65. The average molecular weight is 199 g/mol. The van der Waals surface area contributed by atoms with E-state index in [0.717, 1.165) is 12.8 Å². The van der Waals surface area contributed by atoms with Crippen molar-refractivity contribution in [2.24, 2.45) is 0 Å². The topological polar surface area (TPSA) is 29.5 Å². The minimum absolute atomic E-state index is 0.164. The van der Waals surface area contributed by atoms with Gasteiger partial charge in [0.2, 0.25) is 0 Å². The number of hydrogen-bond acceptors (Lipinski definition) is 3. The van der Waals surface area contributed by atoms with Crippen LogP contribution in [0.15, 0.2) is 0 Å². The Morgan fingerprint density at radius 3 is 2.57 bits per heavy atom. The molecule has 1 heterocycles. The van der Waals surface area contributed by atoms with Crippen molar-refractivity contribution in [3.05, 3.63) is 0 Å². The third-order valence-corrected chi connectivity index (χ3v) is 2.62. The van der Waals surface area contributed by atoms with Gasteiger partial charge in [0.15, 0.2) is 0 Å². The first-order valence-corrected chi connectivity index (χ1v) is 5.65. The van der Waals surface area contributed by atoms with Crippen LogP contribution in [0.2, 0.25) is 0 Å². The van der Waals surface area contributed by atoms with E-state index in [2.05, 4.69) is 4.90 Å². The Kier molecular flexibility index (Phi) is 5.60. The molecule has 0 amide bonds. The van der Waals surface area contributed by atoms with Crippen molar-refractivity contribution in [2.45, 2.75) is 39.0 Å². The summed E-state index contributed by atoms with van der Waals surface area (Å²) in [7, 11) is 0. The van der Waals surface area contributed by atoms with E-state index in [1.165, 1.54) is 45.8 Å². The molecule has 0 spiro atoms. The van der Waals surface area contributed by atoms with Crippen LogP contribution >= 0.6 is 0 Å². The quantitative estimate of drug-likeness (QED) is 0.499. The molecule has 1 saturated heterocycles. The van der Waals surface area contributed by atoms with Gasteiger partial charge in [-0.05, 0) is 45.3 Å². The summed E-state index contributed by atoms with van der Waals surface area (Å²) in [6, 6.07) is 0. The monoisotopic (exact) mass is 199 g/mol. The lowest BCUT2D eigenvalue weighted by Gasteiger charge is -2.26. The highest BCUT2D eigenvalue weighted by molar-refractivity contribution is 5.65. The van der Waals surface area contributed by atoms with Gasteiger partial charge in [0.25, 0.3) is 0 Å². The Hall–Kier alpha value is -0.570. The number of piperidine rings is 1. The number of esters is 1. The maximum atomic E-state index is 10.5. The largest absolute Gasteiger partial charge is 0.466 e. The van der Waals surface area contributed by atoms with E-state index in [-0.39, 0.29) is 5.97 Å². The van der Waals surface area contributed by atoms with Gasteiger partial charge in [-0.25, -0.2) is 0 Å². The molecule has 0 aromatic carbocycles. The van der Waals surface area contributed by atoms with Crippen LogP contribution in [0.25, 0.3) is 0 Å². The van der Waals surface area contributed by atoms with Crippen LogP contribution in [0, 0.1) is 0 Å². The molecule has 0 bridgehead atoms. The van der Waals surface area contributed by atoms with Gasteiger partial charge in [-0.3, -0.25) is 4.79 Å².